The molecule has 2 fully saturated rings. The number of allylic oxidation sites excluding steroid dienone is 1. The lowest BCUT2D eigenvalue weighted by atomic mass is 9.97. The van der Waals surface area contributed by atoms with E-state index in [1.54, 1.807) is 0 Å². The van der Waals surface area contributed by atoms with Crippen molar-refractivity contribution in [1.82, 2.24) is 15.2 Å². The highest BCUT2D eigenvalue weighted by Gasteiger charge is 2.36. The van der Waals surface area contributed by atoms with Crippen LogP contribution in [0.3, 0.4) is 0 Å². The Kier molecular flexibility index (Phi) is 7.81. The van der Waals surface area contributed by atoms with Crippen molar-refractivity contribution in [3.63, 3.8) is 0 Å². The third-order valence-electron chi connectivity index (χ3n) is 6.98. The Hall–Kier alpha value is -2.01. The number of nitrogens with two attached hydrogens (primary N) is 1. The van der Waals surface area contributed by atoms with Gasteiger partial charge in [0.1, 0.15) is 11.7 Å². The summed E-state index contributed by atoms with van der Waals surface area (Å²) in [5.41, 5.74) is 13.0. The van der Waals surface area contributed by atoms with E-state index >= 15 is 0 Å². The molecule has 0 saturated carbocycles. The fourth-order valence-electron chi connectivity index (χ4n) is 4.85. The monoisotopic (exact) mass is 411 g/mol. The third kappa shape index (κ3) is 5.78. The number of benzene rings is 1. The van der Waals surface area contributed by atoms with Crippen molar-refractivity contribution in [2.45, 2.75) is 78.8 Å². The number of hydrogen-bond donors (Lipinski definition) is 2. The van der Waals surface area contributed by atoms with Gasteiger partial charge in [-0.2, -0.15) is 5.10 Å². The summed E-state index contributed by atoms with van der Waals surface area (Å²) in [6, 6.07) is 10.5. The zero-order chi connectivity index (χ0) is 21.7. The zero-order valence-corrected chi connectivity index (χ0v) is 19.6. The van der Waals surface area contributed by atoms with Gasteiger partial charge in [0.05, 0.1) is 0 Å². The molecule has 3 rings (SSSR count). The predicted octanol–water partition coefficient (Wildman–Crippen LogP) is 4.24. The second-order valence-corrected chi connectivity index (χ2v) is 9.42. The zero-order valence-electron chi connectivity index (χ0n) is 19.6. The number of aryl methyl sites for hydroxylation is 1. The summed E-state index contributed by atoms with van der Waals surface area (Å²) in [4.78, 5) is 5.21. The van der Waals surface area contributed by atoms with E-state index in [0.29, 0.717) is 17.9 Å². The molecule has 2 saturated heterocycles. The van der Waals surface area contributed by atoms with Gasteiger partial charge in [-0.05, 0) is 69.9 Å². The molecule has 5 nitrogen and oxygen atoms in total. The molecule has 2 aliphatic rings. The van der Waals surface area contributed by atoms with Gasteiger partial charge in [-0.3, -0.25) is 10.3 Å². The average molecular weight is 412 g/mol. The summed E-state index contributed by atoms with van der Waals surface area (Å²) in [6.07, 6.45) is 5.86. The van der Waals surface area contributed by atoms with E-state index in [4.69, 9.17) is 5.73 Å². The second kappa shape index (κ2) is 10.3. The molecule has 2 atom stereocenters. The van der Waals surface area contributed by atoms with Crippen LogP contribution >= 0.6 is 0 Å². The van der Waals surface area contributed by atoms with E-state index in [2.05, 4.69) is 72.3 Å². The molecule has 0 amide bonds. The van der Waals surface area contributed by atoms with E-state index in [1.807, 2.05) is 6.92 Å². The number of rotatable bonds is 6. The van der Waals surface area contributed by atoms with Crippen LogP contribution in [0.1, 0.15) is 64.5 Å². The first kappa shape index (κ1) is 22.7. The minimum atomic E-state index is 0.678. The Labute approximate surface area is 183 Å². The first-order valence-corrected chi connectivity index (χ1v) is 11.7. The summed E-state index contributed by atoms with van der Waals surface area (Å²) in [7, 11) is 0. The standard InChI is InChI=1S/C25H41N5/c1-6-20(4)25(26)28-27-21(5)29-13-11-23(12-14-29)30-17-19(3)15-24(30)16-22-9-7-18(2)8-10-22/h7-10,19,23-24,28H,6,11-17,26H2,1-5H3/b25-20-,27-21+/t19-,24-/m1/s1. The molecule has 0 aliphatic carbocycles. The maximum atomic E-state index is 6.05. The van der Waals surface area contributed by atoms with E-state index in [9.17, 15) is 0 Å². The predicted molar refractivity (Wildman–Crippen MR) is 127 cm³/mol. The van der Waals surface area contributed by atoms with Gasteiger partial charge < -0.3 is 10.6 Å². The van der Waals surface area contributed by atoms with Crippen molar-refractivity contribution in [3.05, 3.63) is 46.8 Å². The van der Waals surface area contributed by atoms with Crippen LogP contribution in [-0.4, -0.2) is 47.4 Å². The van der Waals surface area contributed by atoms with E-state index in [0.717, 1.165) is 36.8 Å². The van der Waals surface area contributed by atoms with Gasteiger partial charge in [0.2, 0.25) is 0 Å². The topological polar surface area (TPSA) is 56.9 Å². The number of likely N-dealkylation sites (tertiary alicyclic amines) is 2. The van der Waals surface area contributed by atoms with Gasteiger partial charge in [-0.1, -0.05) is 43.7 Å². The van der Waals surface area contributed by atoms with Crippen LogP contribution in [0.4, 0.5) is 0 Å². The highest BCUT2D eigenvalue weighted by Crippen LogP contribution is 2.31. The summed E-state index contributed by atoms with van der Waals surface area (Å²) in [5, 5.41) is 4.53. The molecule has 1 aromatic rings. The molecule has 0 aromatic heterocycles. The minimum Gasteiger partial charge on any atom is -0.384 e. The molecular weight excluding hydrogens is 370 g/mol. The molecule has 2 heterocycles. The SMILES string of the molecule is CC/C(C)=C(/N)N/N=C(\C)N1CCC(N2C[C@H](C)C[C@@H]2Cc2ccc(C)cc2)CC1. The molecule has 30 heavy (non-hydrogen) atoms. The van der Waals surface area contributed by atoms with Crippen LogP contribution in [0.2, 0.25) is 0 Å². The summed E-state index contributed by atoms with van der Waals surface area (Å²) < 4.78 is 0. The van der Waals surface area contributed by atoms with Crippen LogP contribution < -0.4 is 11.2 Å². The highest BCUT2D eigenvalue weighted by atomic mass is 15.4. The van der Waals surface area contributed by atoms with Crippen LogP contribution in [0.25, 0.3) is 0 Å². The molecule has 0 radical (unpaired) electrons. The first-order chi connectivity index (χ1) is 14.4. The largest absolute Gasteiger partial charge is 0.384 e. The van der Waals surface area contributed by atoms with Crippen LogP contribution in [-0.2, 0) is 6.42 Å². The molecule has 0 spiro atoms. The lowest BCUT2D eigenvalue weighted by Crippen LogP contribution is -2.48. The van der Waals surface area contributed by atoms with Gasteiger partial charge >= 0.3 is 0 Å². The second-order valence-electron chi connectivity index (χ2n) is 9.42. The maximum Gasteiger partial charge on any atom is 0.122 e. The van der Waals surface area contributed by atoms with E-state index < -0.39 is 0 Å². The summed E-state index contributed by atoms with van der Waals surface area (Å²) in [5.74, 6) is 2.51. The van der Waals surface area contributed by atoms with Gasteiger partial charge in [0, 0.05) is 31.7 Å². The van der Waals surface area contributed by atoms with Gasteiger partial charge in [-0.25, -0.2) is 0 Å². The van der Waals surface area contributed by atoms with Crippen molar-refractivity contribution in [1.29, 1.82) is 0 Å². The Morgan fingerprint density at radius 2 is 1.83 bits per heavy atom. The van der Waals surface area contributed by atoms with Crippen LogP contribution in [0.15, 0.2) is 40.8 Å². The minimum absolute atomic E-state index is 0.678. The smallest absolute Gasteiger partial charge is 0.122 e. The number of amidine groups is 1. The Balaban J connectivity index is 1.55. The average Bonchev–Trinajstić information content (AvgIpc) is 3.12. The number of nitrogens with zero attached hydrogens (tertiary/aromatic N) is 3. The van der Waals surface area contributed by atoms with Crippen molar-refractivity contribution < 1.29 is 0 Å². The van der Waals surface area contributed by atoms with Gasteiger partial charge in [0.25, 0.3) is 0 Å². The lowest BCUT2D eigenvalue weighted by Gasteiger charge is -2.40. The van der Waals surface area contributed by atoms with E-state index in [1.165, 1.54) is 43.4 Å². The summed E-state index contributed by atoms with van der Waals surface area (Å²) in [6.45, 7) is 14.2. The van der Waals surface area contributed by atoms with Crippen molar-refractivity contribution in [3.8, 4) is 0 Å². The van der Waals surface area contributed by atoms with Crippen molar-refractivity contribution in [2.75, 3.05) is 19.6 Å². The molecule has 2 aliphatic heterocycles. The van der Waals surface area contributed by atoms with Crippen LogP contribution in [0, 0.1) is 12.8 Å². The molecule has 0 bridgehead atoms. The van der Waals surface area contributed by atoms with E-state index in [-0.39, 0.29) is 0 Å². The molecule has 0 unspecified atom stereocenters. The number of piperidine rings is 1. The maximum absolute atomic E-state index is 6.05. The third-order valence-corrected chi connectivity index (χ3v) is 6.98. The molecular formula is C25H41N5. The quantitative estimate of drug-likeness (QED) is 0.418. The van der Waals surface area contributed by atoms with Crippen LogP contribution in [0.5, 0.6) is 0 Å². The summed E-state index contributed by atoms with van der Waals surface area (Å²) >= 11 is 0. The molecule has 166 valence electrons. The molecule has 5 heteroatoms. The number of hydrogen-bond acceptors (Lipinski definition) is 4. The fourth-order valence-corrected chi connectivity index (χ4v) is 4.85. The van der Waals surface area contributed by atoms with Crippen molar-refractivity contribution >= 4 is 5.84 Å². The first-order valence-electron chi connectivity index (χ1n) is 11.7. The normalized spacial score (nSPS) is 24.8. The highest BCUT2D eigenvalue weighted by molar-refractivity contribution is 5.79. The number of hydrazone groups is 1. The van der Waals surface area contributed by atoms with Crippen molar-refractivity contribution in [2.24, 2.45) is 16.8 Å². The Morgan fingerprint density at radius 1 is 1.17 bits per heavy atom. The molecule has 1 aromatic carbocycles. The Bertz CT molecular complexity index is 743. The lowest BCUT2D eigenvalue weighted by molar-refractivity contribution is 0.121. The fraction of sp³-hybridized carbons (Fsp3) is 0.640. The molecule has 3 N–H and O–H groups in total. The number of nitrogens with one attached hydrogen (secondary N) is 1. The van der Waals surface area contributed by atoms with Gasteiger partial charge in [0.15, 0.2) is 0 Å². The van der Waals surface area contributed by atoms with Gasteiger partial charge in [-0.15, -0.1) is 0 Å². The Morgan fingerprint density at radius 3 is 2.47 bits per heavy atom.